The van der Waals surface area contributed by atoms with Gasteiger partial charge in [-0.25, -0.2) is 9.59 Å². The highest BCUT2D eigenvalue weighted by Gasteiger charge is 2.25. The molecule has 0 aliphatic rings. The number of hydrogen-bond donors (Lipinski definition) is 2. The Kier molecular flexibility index (Phi) is 2.86. The van der Waals surface area contributed by atoms with Crippen molar-refractivity contribution >= 4 is 39.0 Å². The molecule has 0 saturated heterocycles. The number of aromatic hydroxyl groups is 2. The minimum atomic E-state index is -0.887. The van der Waals surface area contributed by atoms with Crippen molar-refractivity contribution in [3.63, 3.8) is 0 Å². The molecule has 0 fully saturated rings. The lowest BCUT2D eigenvalue weighted by atomic mass is 10.00. The molecular formula is C17H8O8. The summed E-state index contributed by atoms with van der Waals surface area (Å²) in [5, 5.41) is 20.5. The van der Waals surface area contributed by atoms with Gasteiger partial charge in [-0.2, -0.15) is 0 Å². The van der Waals surface area contributed by atoms with Crippen LogP contribution in [0.4, 0.5) is 0 Å². The van der Waals surface area contributed by atoms with E-state index in [0.717, 1.165) is 12.3 Å². The van der Waals surface area contributed by atoms with Crippen molar-refractivity contribution in [3.05, 3.63) is 51.4 Å². The second-order valence-electron chi connectivity index (χ2n) is 5.22. The van der Waals surface area contributed by atoms with Crippen molar-refractivity contribution in [2.45, 2.75) is 0 Å². The number of rotatable bonds is 3. The number of aldehydes is 1. The number of phenols is 2. The first kappa shape index (κ1) is 14.8. The molecule has 0 bridgehead atoms. The van der Waals surface area contributed by atoms with Crippen LogP contribution in [0.25, 0.3) is 32.7 Å². The van der Waals surface area contributed by atoms with E-state index in [1.165, 1.54) is 6.07 Å². The zero-order valence-corrected chi connectivity index (χ0v) is 12.4. The van der Waals surface area contributed by atoms with Crippen LogP contribution in [0.15, 0.2) is 43.4 Å². The molecule has 2 aromatic carbocycles. The molecule has 0 aliphatic heterocycles. The van der Waals surface area contributed by atoms with E-state index in [9.17, 15) is 24.6 Å². The van der Waals surface area contributed by atoms with Gasteiger partial charge in [0.2, 0.25) is 5.75 Å². The van der Waals surface area contributed by atoms with E-state index in [-0.39, 0.29) is 44.0 Å². The average molecular weight is 340 g/mol. The monoisotopic (exact) mass is 340 g/mol. The quantitative estimate of drug-likeness (QED) is 0.251. The Labute approximate surface area is 137 Å². The van der Waals surface area contributed by atoms with Crippen LogP contribution in [0.5, 0.6) is 17.2 Å². The van der Waals surface area contributed by atoms with Gasteiger partial charge in [0.25, 0.3) is 0 Å². The summed E-state index contributed by atoms with van der Waals surface area (Å²) in [5.41, 5.74) is -2.64. The van der Waals surface area contributed by atoms with E-state index < -0.39 is 22.8 Å². The molecule has 0 spiro atoms. The molecule has 4 aromatic rings. The maximum atomic E-state index is 12.3. The summed E-state index contributed by atoms with van der Waals surface area (Å²) in [6.07, 6.45) is 1.34. The minimum absolute atomic E-state index is 0.0378. The predicted octanol–water partition coefficient (Wildman–Crippen LogP) is 2.24. The van der Waals surface area contributed by atoms with Gasteiger partial charge in [-0.3, -0.25) is 4.79 Å². The first-order chi connectivity index (χ1) is 12.0. The third kappa shape index (κ3) is 1.78. The Bertz CT molecular complexity index is 1310. The second-order valence-corrected chi connectivity index (χ2v) is 5.22. The first-order valence-electron chi connectivity index (χ1n) is 6.95. The molecule has 4 rings (SSSR count). The van der Waals surface area contributed by atoms with Gasteiger partial charge < -0.3 is 23.8 Å². The third-order valence-corrected chi connectivity index (χ3v) is 3.92. The lowest BCUT2D eigenvalue weighted by molar-refractivity contribution is 0.112. The lowest BCUT2D eigenvalue weighted by Gasteiger charge is -2.12. The molecule has 0 radical (unpaired) electrons. The van der Waals surface area contributed by atoms with Crippen LogP contribution in [0.3, 0.4) is 0 Å². The summed E-state index contributed by atoms with van der Waals surface area (Å²) < 4.78 is 15.2. The smallest absolute Gasteiger partial charge is 0.344 e. The minimum Gasteiger partial charge on any atom is -0.504 e. The van der Waals surface area contributed by atoms with Crippen molar-refractivity contribution in [3.8, 4) is 17.2 Å². The van der Waals surface area contributed by atoms with E-state index in [4.69, 9.17) is 13.6 Å². The topological polar surface area (TPSA) is 127 Å². The van der Waals surface area contributed by atoms with Gasteiger partial charge in [-0.15, -0.1) is 0 Å². The van der Waals surface area contributed by atoms with Crippen LogP contribution in [-0.4, -0.2) is 16.5 Å². The maximum Gasteiger partial charge on any atom is 0.344 e. The van der Waals surface area contributed by atoms with Crippen LogP contribution in [0.2, 0.25) is 0 Å². The Balaban J connectivity index is 2.41. The number of carbonyl (C=O) groups is 1. The number of benzene rings is 2. The van der Waals surface area contributed by atoms with Gasteiger partial charge in [0, 0.05) is 16.8 Å². The molecule has 0 aliphatic carbocycles. The molecule has 8 nitrogen and oxygen atoms in total. The molecule has 124 valence electrons. The summed E-state index contributed by atoms with van der Waals surface area (Å²) in [7, 11) is 0. The van der Waals surface area contributed by atoms with Gasteiger partial charge in [0.15, 0.2) is 29.0 Å². The van der Waals surface area contributed by atoms with E-state index >= 15 is 0 Å². The summed E-state index contributed by atoms with van der Waals surface area (Å²) in [6, 6.07) is 2.33. The van der Waals surface area contributed by atoms with Crippen LogP contribution < -0.4 is 16.0 Å². The SMILES string of the molecule is C=COc1cc2c(=O)oc3c(O)c(C=O)cc4c(=O)oc(c1O)c2c34. The summed E-state index contributed by atoms with van der Waals surface area (Å²) in [6.45, 7) is 3.35. The van der Waals surface area contributed by atoms with Gasteiger partial charge in [-0.05, 0) is 6.07 Å². The Morgan fingerprint density at radius 2 is 1.52 bits per heavy atom. The highest BCUT2D eigenvalue weighted by atomic mass is 16.5. The van der Waals surface area contributed by atoms with Crippen molar-refractivity contribution in [1.29, 1.82) is 0 Å². The van der Waals surface area contributed by atoms with Gasteiger partial charge in [0.05, 0.1) is 22.6 Å². The van der Waals surface area contributed by atoms with E-state index in [2.05, 4.69) is 6.58 Å². The standard InChI is InChI=1S/C17H8O8/c1-2-23-9-4-8-11-10-7(16(21)25-15(11)13(9)20)3-6(5-18)12(19)14(10)24-17(8)22/h2-5,19-20H,1H2. The van der Waals surface area contributed by atoms with Crippen LogP contribution in [0, 0.1) is 0 Å². The molecule has 0 atom stereocenters. The fraction of sp³-hybridized carbons (Fsp3) is 0. The normalized spacial score (nSPS) is 11.4. The Hall–Kier alpha value is -3.81. The fourth-order valence-electron chi connectivity index (χ4n) is 2.87. The van der Waals surface area contributed by atoms with E-state index in [0.29, 0.717) is 6.29 Å². The first-order valence-corrected chi connectivity index (χ1v) is 6.95. The highest BCUT2D eigenvalue weighted by Crippen LogP contribution is 2.43. The zero-order valence-electron chi connectivity index (χ0n) is 12.4. The van der Waals surface area contributed by atoms with Crippen molar-refractivity contribution in [1.82, 2.24) is 0 Å². The molecule has 2 heterocycles. The van der Waals surface area contributed by atoms with Gasteiger partial charge >= 0.3 is 11.3 Å². The maximum absolute atomic E-state index is 12.3. The fourth-order valence-corrected chi connectivity index (χ4v) is 2.87. The summed E-state index contributed by atoms with van der Waals surface area (Å²) in [4.78, 5) is 35.7. The largest absolute Gasteiger partial charge is 0.504 e. The van der Waals surface area contributed by atoms with Crippen LogP contribution in [0.1, 0.15) is 10.4 Å². The molecule has 8 heteroatoms. The highest BCUT2D eigenvalue weighted by molar-refractivity contribution is 6.22. The number of phenolic OH excluding ortho intramolecular Hbond substituents is 2. The second kappa shape index (κ2) is 4.84. The van der Waals surface area contributed by atoms with Gasteiger partial charge in [0.1, 0.15) is 0 Å². The Morgan fingerprint density at radius 1 is 0.960 bits per heavy atom. The number of carbonyl (C=O) groups excluding carboxylic acids is 1. The summed E-state index contributed by atoms with van der Waals surface area (Å²) in [5.74, 6) is -1.26. The van der Waals surface area contributed by atoms with Crippen LogP contribution >= 0.6 is 0 Å². The molecule has 0 amide bonds. The third-order valence-electron chi connectivity index (χ3n) is 3.92. The molecule has 2 aromatic heterocycles. The average Bonchev–Trinajstić information content (AvgIpc) is 2.59. The molecular weight excluding hydrogens is 332 g/mol. The van der Waals surface area contributed by atoms with Crippen LogP contribution in [-0.2, 0) is 0 Å². The van der Waals surface area contributed by atoms with Crippen molar-refractivity contribution in [2.24, 2.45) is 0 Å². The molecule has 0 saturated carbocycles. The van der Waals surface area contributed by atoms with Gasteiger partial charge in [-0.1, -0.05) is 6.58 Å². The van der Waals surface area contributed by atoms with E-state index in [1.54, 1.807) is 0 Å². The van der Waals surface area contributed by atoms with Crippen molar-refractivity contribution in [2.75, 3.05) is 0 Å². The molecule has 25 heavy (non-hydrogen) atoms. The predicted molar refractivity (Wildman–Crippen MR) is 86.8 cm³/mol. The Morgan fingerprint density at radius 3 is 2.08 bits per heavy atom. The molecule has 2 N–H and O–H groups in total. The zero-order chi connectivity index (χ0) is 17.9. The molecule has 0 unspecified atom stereocenters. The van der Waals surface area contributed by atoms with Crippen molar-refractivity contribution < 1.29 is 28.6 Å². The van der Waals surface area contributed by atoms with E-state index in [1.807, 2.05) is 0 Å². The number of hydrogen-bond acceptors (Lipinski definition) is 8. The number of ether oxygens (including phenoxy) is 1. The lowest BCUT2D eigenvalue weighted by Crippen LogP contribution is -2.08. The summed E-state index contributed by atoms with van der Waals surface area (Å²) >= 11 is 0.